The Kier molecular flexibility index (Phi) is 4.65. The molecule has 0 radical (unpaired) electrons. The fourth-order valence-electron chi connectivity index (χ4n) is 2.79. The fraction of sp³-hybridized carbons (Fsp3) is 0.625. The lowest BCUT2D eigenvalue weighted by atomic mass is 9.89. The first-order chi connectivity index (χ1) is 8.70. The van der Waals surface area contributed by atoms with E-state index in [1.165, 1.54) is 49.0 Å². The fourth-order valence-corrected chi connectivity index (χ4v) is 2.79. The summed E-state index contributed by atoms with van der Waals surface area (Å²) in [5.41, 5.74) is 4.13. The Morgan fingerprint density at radius 3 is 2.78 bits per heavy atom. The van der Waals surface area contributed by atoms with Crippen molar-refractivity contribution < 1.29 is 4.74 Å². The summed E-state index contributed by atoms with van der Waals surface area (Å²) in [5, 5.41) is 3.50. The predicted molar refractivity (Wildman–Crippen MR) is 76.4 cm³/mol. The maximum atomic E-state index is 5.65. The lowest BCUT2D eigenvalue weighted by Gasteiger charge is -2.24. The maximum absolute atomic E-state index is 5.65. The molecular weight excluding hydrogens is 222 g/mol. The van der Waals surface area contributed by atoms with Crippen LogP contribution in [0.5, 0.6) is 5.75 Å². The smallest absolute Gasteiger partial charge is 0.122 e. The van der Waals surface area contributed by atoms with E-state index in [-0.39, 0.29) is 0 Å². The van der Waals surface area contributed by atoms with Crippen LogP contribution in [0.25, 0.3) is 0 Å². The summed E-state index contributed by atoms with van der Waals surface area (Å²) < 4.78 is 5.65. The predicted octanol–water partition coefficient (Wildman–Crippen LogP) is 3.24. The quantitative estimate of drug-likeness (QED) is 0.882. The largest absolute Gasteiger partial charge is 0.494 e. The third-order valence-corrected chi connectivity index (χ3v) is 3.84. The van der Waals surface area contributed by atoms with Gasteiger partial charge in [-0.3, -0.25) is 0 Å². The van der Waals surface area contributed by atoms with Gasteiger partial charge in [-0.2, -0.15) is 0 Å². The van der Waals surface area contributed by atoms with Crippen LogP contribution in [0.1, 0.15) is 36.5 Å². The molecule has 2 rings (SSSR count). The van der Waals surface area contributed by atoms with Gasteiger partial charge in [-0.1, -0.05) is 6.07 Å². The molecule has 1 fully saturated rings. The third-order valence-electron chi connectivity index (χ3n) is 3.84. The average molecular weight is 247 g/mol. The Balaban J connectivity index is 2.10. The zero-order valence-electron chi connectivity index (χ0n) is 11.9. The molecule has 18 heavy (non-hydrogen) atoms. The first-order valence-corrected chi connectivity index (χ1v) is 7.14. The van der Waals surface area contributed by atoms with Crippen molar-refractivity contribution in [2.24, 2.45) is 5.92 Å². The van der Waals surface area contributed by atoms with E-state index in [1.54, 1.807) is 0 Å². The number of hydrogen-bond acceptors (Lipinski definition) is 2. The molecule has 100 valence electrons. The molecule has 1 aliphatic rings. The molecule has 1 saturated heterocycles. The summed E-state index contributed by atoms with van der Waals surface area (Å²) in [5.74, 6) is 1.84. The van der Waals surface area contributed by atoms with Gasteiger partial charge in [0.25, 0.3) is 0 Å². The van der Waals surface area contributed by atoms with Crippen LogP contribution in [0.15, 0.2) is 12.1 Å². The van der Waals surface area contributed by atoms with Gasteiger partial charge in [0.05, 0.1) is 6.61 Å². The van der Waals surface area contributed by atoms with Crippen LogP contribution in [-0.2, 0) is 6.42 Å². The summed E-state index contributed by atoms with van der Waals surface area (Å²) in [4.78, 5) is 0. The Morgan fingerprint density at radius 2 is 2.11 bits per heavy atom. The number of nitrogens with one attached hydrogen (secondary N) is 1. The molecule has 0 saturated carbocycles. The van der Waals surface area contributed by atoms with E-state index in [4.69, 9.17) is 4.74 Å². The minimum atomic E-state index is 0.742. The summed E-state index contributed by atoms with van der Waals surface area (Å²) in [6, 6.07) is 4.51. The Labute approximate surface area is 111 Å². The zero-order valence-corrected chi connectivity index (χ0v) is 11.9. The normalized spacial score (nSPS) is 19.8. The molecule has 0 amide bonds. The third kappa shape index (κ3) is 3.26. The molecule has 1 aliphatic heterocycles. The van der Waals surface area contributed by atoms with Gasteiger partial charge < -0.3 is 10.1 Å². The van der Waals surface area contributed by atoms with Crippen molar-refractivity contribution in [1.29, 1.82) is 0 Å². The lowest BCUT2D eigenvalue weighted by molar-refractivity contribution is 0.337. The van der Waals surface area contributed by atoms with Gasteiger partial charge in [0, 0.05) is 0 Å². The summed E-state index contributed by atoms with van der Waals surface area (Å²) in [6.45, 7) is 9.49. The molecule has 0 bridgehead atoms. The van der Waals surface area contributed by atoms with Crippen molar-refractivity contribution in [3.63, 3.8) is 0 Å². The molecule has 1 N–H and O–H groups in total. The summed E-state index contributed by atoms with van der Waals surface area (Å²) in [6.07, 6.45) is 3.88. The molecule has 1 atom stereocenters. The number of benzene rings is 1. The zero-order chi connectivity index (χ0) is 13.0. The topological polar surface area (TPSA) is 21.3 Å². The molecular formula is C16H25NO. The second kappa shape index (κ2) is 6.24. The van der Waals surface area contributed by atoms with Gasteiger partial charge >= 0.3 is 0 Å². The van der Waals surface area contributed by atoms with E-state index in [2.05, 4.69) is 31.3 Å². The monoisotopic (exact) mass is 247 g/mol. The highest BCUT2D eigenvalue weighted by Crippen LogP contribution is 2.26. The maximum Gasteiger partial charge on any atom is 0.122 e. The molecule has 1 aromatic carbocycles. The van der Waals surface area contributed by atoms with Crippen molar-refractivity contribution in [1.82, 2.24) is 5.32 Å². The highest BCUT2D eigenvalue weighted by atomic mass is 16.5. The first kappa shape index (κ1) is 13.4. The first-order valence-electron chi connectivity index (χ1n) is 7.14. The number of rotatable bonds is 4. The SMILES string of the molecule is CCOc1cc(C)c(CC2CCCNC2)cc1C. The molecule has 0 aliphatic carbocycles. The van der Waals surface area contributed by atoms with Gasteiger partial charge in [-0.15, -0.1) is 0 Å². The summed E-state index contributed by atoms with van der Waals surface area (Å²) in [7, 11) is 0. The van der Waals surface area contributed by atoms with E-state index in [1.807, 2.05) is 6.92 Å². The number of aryl methyl sites for hydroxylation is 2. The molecule has 0 spiro atoms. The molecule has 0 aromatic heterocycles. The molecule has 1 heterocycles. The van der Waals surface area contributed by atoms with Crippen molar-refractivity contribution in [3.8, 4) is 5.75 Å². The number of piperidine rings is 1. The van der Waals surface area contributed by atoms with E-state index >= 15 is 0 Å². The Morgan fingerprint density at radius 1 is 1.28 bits per heavy atom. The Hall–Kier alpha value is -1.02. The van der Waals surface area contributed by atoms with Crippen LogP contribution in [0.3, 0.4) is 0 Å². The molecule has 2 heteroatoms. The van der Waals surface area contributed by atoms with Crippen LogP contribution in [-0.4, -0.2) is 19.7 Å². The minimum absolute atomic E-state index is 0.742. The minimum Gasteiger partial charge on any atom is -0.494 e. The van der Waals surface area contributed by atoms with Crippen LogP contribution >= 0.6 is 0 Å². The molecule has 1 unspecified atom stereocenters. The van der Waals surface area contributed by atoms with Crippen LogP contribution in [0.2, 0.25) is 0 Å². The van der Waals surface area contributed by atoms with Crippen molar-refractivity contribution in [2.45, 2.75) is 40.0 Å². The van der Waals surface area contributed by atoms with Crippen molar-refractivity contribution in [2.75, 3.05) is 19.7 Å². The average Bonchev–Trinajstić information content (AvgIpc) is 2.37. The van der Waals surface area contributed by atoms with Gasteiger partial charge in [0.15, 0.2) is 0 Å². The second-order valence-corrected chi connectivity index (χ2v) is 5.39. The van der Waals surface area contributed by atoms with Crippen LogP contribution in [0, 0.1) is 19.8 Å². The highest BCUT2D eigenvalue weighted by molar-refractivity contribution is 5.41. The van der Waals surface area contributed by atoms with E-state index < -0.39 is 0 Å². The Bertz CT molecular complexity index is 394. The van der Waals surface area contributed by atoms with Gasteiger partial charge in [0.2, 0.25) is 0 Å². The number of hydrogen-bond donors (Lipinski definition) is 1. The van der Waals surface area contributed by atoms with Crippen molar-refractivity contribution in [3.05, 3.63) is 28.8 Å². The summed E-state index contributed by atoms with van der Waals surface area (Å²) >= 11 is 0. The van der Waals surface area contributed by atoms with Crippen LogP contribution < -0.4 is 10.1 Å². The second-order valence-electron chi connectivity index (χ2n) is 5.39. The van der Waals surface area contributed by atoms with E-state index in [0.717, 1.165) is 18.3 Å². The van der Waals surface area contributed by atoms with Gasteiger partial charge in [0.1, 0.15) is 5.75 Å². The number of ether oxygens (including phenoxy) is 1. The highest BCUT2D eigenvalue weighted by Gasteiger charge is 2.15. The van der Waals surface area contributed by atoms with Gasteiger partial charge in [-0.25, -0.2) is 0 Å². The van der Waals surface area contributed by atoms with E-state index in [9.17, 15) is 0 Å². The lowest BCUT2D eigenvalue weighted by Crippen LogP contribution is -2.31. The van der Waals surface area contributed by atoms with Crippen LogP contribution in [0.4, 0.5) is 0 Å². The van der Waals surface area contributed by atoms with Gasteiger partial charge in [-0.05, 0) is 81.8 Å². The van der Waals surface area contributed by atoms with E-state index in [0.29, 0.717) is 0 Å². The standard InChI is InChI=1S/C16H25NO/c1-4-18-16-9-12(2)15(8-13(16)3)10-14-6-5-7-17-11-14/h8-9,14,17H,4-7,10-11H2,1-3H3. The van der Waals surface area contributed by atoms with Crippen molar-refractivity contribution >= 4 is 0 Å². The molecule has 2 nitrogen and oxygen atoms in total. The molecule has 1 aromatic rings.